The van der Waals surface area contributed by atoms with Crippen molar-refractivity contribution >= 4 is 29.1 Å². The fourth-order valence-corrected chi connectivity index (χ4v) is 3.86. The second-order valence-electron chi connectivity index (χ2n) is 7.53. The smallest absolute Gasteiger partial charge is 0.246 e. The van der Waals surface area contributed by atoms with Gasteiger partial charge in [-0.15, -0.1) is 0 Å². The average Bonchev–Trinajstić information content (AvgIpc) is 3.06. The van der Waals surface area contributed by atoms with Crippen LogP contribution in [-0.2, 0) is 20.9 Å². The van der Waals surface area contributed by atoms with Crippen molar-refractivity contribution in [1.29, 1.82) is 0 Å². The van der Waals surface area contributed by atoms with Crippen LogP contribution in [0.1, 0.15) is 17.5 Å². The number of anilines is 2. The van der Waals surface area contributed by atoms with Crippen molar-refractivity contribution in [2.24, 2.45) is 5.92 Å². The van der Waals surface area contributed by atoms with Crippen LogP contribution < -0.4 is 9.80 Å². The molecule has 6 nitrogen and oxygen atoms in total. The zero-order valence-corrected chi connectivity index (χ0v) is 16.1. The van der Waals surface area contributed by atoms with Crippen LogP contribution in [0, 0.1) is 12.8 Å². The number of hydrogen-bond donors (Lipinski definition) is 0. The van der Waals surface area contributed by atoms with E-state index in [1.165, 1.54) is 10.5 Å². The first-order valence-corrected chi connectivity index (χ1v) is 9.44. The molecule has 2 aromatic rings. The van der Waals surface area contributed by atoms with E-state index in [9.17, 15) is 14.4 Å². The SMILES string of the molecule is Cc1ccc(CN2C[C@H](C(=O)N3CC(=O)N(C)c4ccccc43)CC2=O)cc1. The summed E-state index contributed by atoms with van der Waals surface area (Å²) < 4.78 is 0. The number of carbonyl (C=O) groups is 3. The third-order valence-corrected chi connectivity index (χ3v) is 5.53. The van der Waals surface area contributed by atoms with Crippen molar-refractivity contribution in [1.82, 2.24) is 4.90 Å². The van der Waals surface area contributed by atoms with Crippen molar-refractivity contribution in [2.75, 3.05) is 29.9 Å². The molecule has 1 fully saturated rings. The fraction of sp³-hybridized carbons (Fsp3) is 0.318. The number of para-hydroxylation sites is 2. The van der Waals surface area contributed by atoms with E-state index in [4.69, 9.17) is 0 Å². The van der Waals surface area contributed by atoms with Crippen LogP contribution in [0.4, 0.5) is 11.4 Å². The van der Waals surface area contributed by atoms with Crippen LogP contribution in [0.5, 0.6) is 0 Å². The van der Waals surface area contributed by atoms with Crippen LogP contribution in [0.3, 0.4) is 0 Å². The average molecular weight is 377 g/mol. The normalized spacial score (nSPS) is 19.2. The zero-order chi connectivity index (χ0) is 19.8. The number of hydrogen-bond acceptors (Lipinski definition) is 3. The fourth-order valence-electron chi connectivity index (χ4n) is 3.86. The first-order valence-electron chi connectivity index (χ1n) is 9.44. The Morgan fingerprint density at radius 3 is 2.39 bits per heavy atom. The minimum atomic E-state index is -0.429. The lowest BCUT2D eigenvalue weighted by molar-refractivity contribution is -0.129. The number of nitrogens with zero attached hydrogens (tertiary/aromatic N) is 3. The summed E-state index contributed by atoms with van der Waals surface area (Å²) in [6.07, 6.45) is 0.188. The molecule has 6 heteroatoms. The molecule has 144 valence electrons. The number of aryl methyl sites for hydroxylation is 1. The van der Waals surface area contributed by atoms with E-state index in [1.54, 1.807) is 16.8 Å². The number of likely N-dealkylation sites (tertiary alicyclic amines) is 1. The summed E-state index contributed by atoms with van der Waals surface area (Å²) in [5, 5.41) is 0. The third kappa shape index (κ3) is 3.26. The zero-order valence-electron chi connectivity index (χ0n) is 16.1. The van der Waals surface area contributed by atoms with Gasteiger partial charge < -0.3 is 14.7 Å². The van der Waals surface area contributed by atoms with E-state index in [1.807, 2.05) is 55.5 Å². The quantitative estimate of drug-likeness (QED) is 0.825. The van der Waals surface area contributed by atoms with Gasteiger partial charge in [-0.3, -0.25) is 14.4 Å². The van der Waals surface area contributed by atoms with Crippen molar-refractivity contribution in [3.05, 3.63) is 59.7 Å². The highest BCUT2D eigenvalue weighted by atomic mass is 16.2. The Morgan fingerprint density at radius 2 is 1.68 bits per heavy atom. The number of fused-ring (bicyclic) bond motifs is 1. The lowest BCUT2D eigenvalue weighted by atomic mass is 10.0. The van der Waals surface area contributed by atoms with Gasteiger partial charge in [0.25, 0.3) is 0 Å². The molecule has 1 saturated heterocycles. The van der Waals surface area contributed by atoms with Gasteiger partial charge in [-0.1, -0.05) is 42.0 Å². The Labute approximate surface area is 164 Å². The maximum absolute atomic E-state index is 13.2. The molecule has 3 amide bonds. The summed E-state index contributed by atoms with van der Waals surface area (Å²) in [7, 11) is 1.71. The second kappa shape index (κ2) is 7.11. The molecule has 0 aliphatic carbocycles. The molecule has 2 aromatic carbocycles. The second-order valence-corrected chi connectivity index (χ2v) is 7.53. The highest BCUT2D eigenvalue weighted by Gasteiger charge is 2.39. The minimum absolute atomic E-state index is 0.00893. The number of carbonyl (C=O) groups excluding carboxylic acids is 3. The third-order valence-electron chi connectivity index (χ3n) is 5.53. The predicted octanol–water partition coefficient (Wildman–Crippen LogP) is 2.35. The maximum atomic E-state index is 13.2. The van der Waals surface area contributed by atoms with E-state index < -0.39 is 5.92 Å². The first-order chi connectivity index (χ1) is 13.4. The van der Waals surface area contributed by atoms with Gasteiger partial charge in [-0.05, 0) is 24.6 Å². The van der Waals surface area contributed by atoms with Gasteiger partial charge in [0, 0.05) is 26.6 Å². The van der Waals surface area contributed by atoms with Crippen molar-refractivity contribution < 1.29 is 14.4 Å². The summed E-state index contributed by atoms with van der Waals surface area (Å²) >= 11 is 0. The van der Waals surface area contributed by atoms with E-state index in [0.717, 1.165) is 11.3 Å². The highest BCUT2D eigenvalue weighted by molar-refractivity contribution is 6.12. The summed E-state index contributed by atoms with van der Waals surface area (Å²) in [4.78, 5) is 42.8. The predicted molar refractivity (Wildman–Crippen MR) is 107 cm³/mol. The van der Waals surface area contributed by atoms with Gasteiger partial charge in [0.1, 0.15) is 6.54 Å². The molecule has 1 atom stereocenters. The lowest BCUT2D eigenvalue weighted by Gasteiger charge is -2.35. The van der Waals surface area contributed by atoms with Crippen LogP contribution in [0.2, 0.25) is 0 Å². The Kier molecular flexibility index (Phi) is 4.63. The molecule has 2 aliphatic heterocycles. The molecule has 0 saturated carbocycles. The van der Waals surface area contributed by atoms with Crippen LogP contribution in [0.15, 0.2) is 48.5 Å². The van der Waals surface area contributed by atoms with E-state index in [-0.39, 0.29) is 30.7 Å². The van der Waals surface area contributed by atoms with E-state index in [2.05, 4.69) is 0 Å². The molecule has 0 unspecified atom stereocenters. The topological polar surface area (TPSA) is 60.9 Å². The molecule has 2 aliphatic rings. The summed E-state index contributed by atoms with van der Waals surface area (Å²) in [6, 6.07) is 15.4. The molecular formula is C22H23N3O3. The molecule has 0 spiro atoms. The molecule has 0 N–H and O–H groups in total. The van der Waals surface area contributed by atoms with Gasteiger partial charge in [0.2, 0.25) is 17.7 Å². The monoisotopic (exact) mass is 377 g/mol. The Bertz CT molecular complexity index is 938. The van der Waals surface area contributed by atoms with Gasteiger partial charge in [0.05, 0.1) is 17.3 Å². The van der Waals surface area contributed by atoms with Gasteiger partial charge in [-0.2, -0.15) is 0 Å². The summed E-state index contributed by atoms with van der Waals surface area (Å²) in [5.74, 6) is -0.739. The van der Waals surface area contributed by atoms with Crippen LogP contribution in [0.25, 0.3) is 0 Å². The largest absolute Gasteiger partial charge is 0.338 e. The van der Waals surface area contributed by atoms with Crippen molar-refractivity contribution in [3.8, 4) is 0 Å². The number of benzene rings is 2. The summed E-state index contributed by atoms with van der Waals surface area (Å²) in [5.41, 5.74) is 3.65. The standard InChI is InChI=1S/C22H23N3O3/c1-15-7-9-16(10-8-15)12-24-13-17(11-20(24)26)22(28)25-14-21(27)23(2)18-5-3-4-6-19(18)25/h3-10,17H,11-14H2,1-2H3/t17-/m1/s1. The molecular weight excluding hydrogens is 354 g/mol. The molecule has 0 radical (unpaired) electrons. The van der Waals surface area contributed by atoms with Crippen molar-refractivity contribution in [3.63, 3.8) is 0 Å². The Hall–Kier alpha value is -3.15. The Balaban J connectivity index is 1.51. The van der Waals surface area contributed by atoms with Gasteiger partial charge in [0.15, 0.2) is 0 Å². The molecule has 0 bridgehead atoms. The lowest BCUT2D eigenvalue weighted by Crippen LogP contribution is -2.48. The molecule has 0 aromatic heterocycles. The Morgan fingerprint density at radius 1 is 1.00 bits per heavy atom. The summed E-state index contributed by atoms with van der Waals surface area (Å²) in [6.45, 7) is 2.92. The van der Waals surface area contributed by atoms with E-state index in [0.29, 0.717) is 18.8 Å². The van der Waals surface area contributed by atoms with Gasteiger partial charge >= 0.3 is 0 Å². The van der Waals surface area contributed by atoms with Crippen molar-refractivity contribution in [2.45, 2.75) is 19.9 Å². The number of likely N-dealkylation sites (N-methyl/N-ethyl adjacent to an activating group) is 1. The first kappa shape index (κ1) is 18.2. The highest BCUT2D eigenvalue weighted by Crippen LogP contribution is 2.34. The molecule has 4 rings (SSSR count). The van der Waals surface area contributed by atoms with Crippen LogP contribution in [-0.4, -0.2) is 42.8 Å². The number of amides is 3. The number of rotatable bonds is 3. The minimum Gasteiger partial charge on any atom is -0.338 e. The maximum Gasteiger partial charge on any atom is 0.246 e. The van der Waals surface area contributed by atoms with Crippen LogP contribution >= 0.6 is 0 Å². The van der Waals surface area contributed by atoms with E-state index >= 15 is 0 Å². The van der Waals surface area contributed by atoms with Gasteiger partial charge in [-0.25, -0.2) is 0 Å². The molecule has 28 heavy (non-hydrogen) atoms. The molecule has 2 heterocycles.